The molecule has 0 unspecified atom stereocenters. The summed E-state index contributed by atoms with van der Waals surface area (Å²) in [5.41, 5.74) is 2.18. The van der Waals surface area contributed by atoms with Gasteiger partial charge in [0.25, 0.3) is 0 Å². The summed E-state index contributed by atoms with van der Waals surface area (Å²) in [7, 11) is 0. The molecule has 3 nitrogen and oxygen atoms in total. The van der Waals surface area contributed by atoms with E-state index in [1.807, 2.05) is 12.1 Å². The van der Waals surface area contributed by atoms with E-state index < -0.39 is 11.4 Å². The number of halogens is 1. The van der Waals surface area contributed by atoms with Crippen molar-refractivity contribution < 1.29 is 13.5 Å². The highest BCUT2D eigenvalue weighted by atomic mass is 19.1. The predicted molar refractivity (Wildman–Crippen MR) is 148 cm³/mol. The molecule has 37 heavy (non-hydrogen) atoms. The molecule has 1 aromatic heterocycles. The summed E-state index contributed by atoms with van der Waals surface area (Å²) in [5, 5.41) is 0.617. The smallest absolute Gasteiger partial charge is 0.346 e. The van der Waals surface area contributed by atoms with Crippen molar-refractivity contribution in [1.82, 2.24) is 0 Å². The van der Waals surface area contributed by atoms with Gasteiger partial charge >= 0.3 is 5.63 Å². The third-order valence-electron chi connectivity index (χ3n) is 8.98. The quantitative estimate of drug-likeness (QED) is 0.307. The molecule has 0 atom stereocenters. The first-order valence-corrected chi connectivity index (χ1v) is 14.5. The molecule has 2 aromatic carbocycles. The van der Waals surface area contributed by atoms with Gasteiger partial charge < -0.3 is 9.15 Å². The van der Waals surface area contributed by atoms with Crippen molar-refractivity contribution in [2.45, 2.75) is 96.3 Å². The maximum absolute atomic E-state index is 15.3. The van der Waals surface area contributed by atoms with Crippen LogP contribution in [0.5, 0.6) is 5.75 Å². The van der Waals surface area contributed by atoms with Gasteiger partial charge in [-0.05, 0) is 91.3 Å². The Balaban J connectivity index is 1.23. The molecule has 2 fully saturated rings. The van der Waals surface area contributed by atoms with E-state index >= 15 is 4.39 Å². The molecule has 0 aliphatic heterocycles. The van der Waals surface area contributed by atoms with Gasteiger partial charge in [-0.1, -0.05) is 69.9 Å². The predicted octanol–water partition coefficient (Wildman–Crippen LogP) is 8.92. The lowest BCUT2D eigenvalue weighted by Crippen LogP contribution is -2.20. The van der Waals surface area contributed by atoms with Crippen molar-refractivity contribution in [3.8, 4) is 5.75 Å². The van der Waals surface area contributed by atoms with Crippen LogP contribution in [0, 0.1) is 17.7 Å². The molecule has 0 saturated heterocycles. The highest BCUT2D eigenvalue weighted by Crippen LogP contribution is 2.41. The topological polar surface area (TPSA) is 39.4 Å². The molecule has 0 amide bonds. The minimum atomic E-state index is -0.590. The molecule has 0 bridgehead atoms. The molecule has 198 valence electrons. The molecular formula is C33H41FO3. The second-order valence-electron chi connectivity index (χ2n) is 11.4. The van der Waals surface area contributed by atoms with E-state index in [0.717, 1.165) is 50.9 Å². The van der Waals surface area contributed by atoms with Crippen molar-refractivity contribution >= 4 is 10.8 Å². The first-order chi connectivity index (χ1) is 18.1. The lowest BCUT2D eigenvalue weighted by atomic mass is 9.77. The lowest BCUT2D eigenvalue weighted by Gasteiger charge is -2.28. The van der Waals surface area contributed by atoms with E-state index in [-0.39, 0.29) is 17.1 Å². The van der Waals surface area contributed by atoms with Crippen molar-refractivity contribution in [3.05, 3.63) is 75.6 Å². The normalized spacial score (nSPS) is 24.3. The van der Waals surface area contributed by atoms with Crippen LogP contribution in [0.3, 0.4) is 0 Å². The minimum Gasteiger partial charge on any atom is -0.490 e. The van der Waals surface area contributed by atoms with Gasteiger partial charge in [-0.2, -0.15) is 0 Å². The third kappa shape index (κ3) is 5.94. The SMILES string of the molecule is CCCC1CCC(COc2ccc3cc(C4CCC(c5ccc(CC)cc5)CC4)oc(=O)c3c2F)CC1. The number of rotatable bonds is 8. The van der Waals surface area contributed by atoms with Crippen LogP contribution in [0.2, 0.25) is 0 Å². The average Bonchev–Trinajstić information content (AvgIpc) is 2.93. The Labute approximate surface area is 220 Å². The molecule has 3 aromatic rings. The molecule has 4 heteroatoms. The highest BCUT2D eigenvalue weighted by Gasteiger charge is 2.27. The summed E-state index contributed by atoms with van der Waals surface area (Å²) in [6.45, 7) is 4.93. The maximum atomic E-state index is 15.3. The van der Waals surface area contributed by atoms with Crippen molar-refractivity contribution in [2.24, 2.45) is 11.8 Å². The largest absolute Gasteiger partial charge is 0.490 e. The molecule has 1 heterocycles. The zero-order valence-corrected chi connectivity index (χ0v) is 22.4. The standard InChI is InChI=1S/C33H41FO3/c1-3-5-23-6-8-24(9-7-23)21-36-29-19-18-28-20-30(37-33(35)31(28)32(29)34)27-16-14-26(15-17-27)25-12-10-22(4-2)11-13-25/h10-13,18-20,23-24,26-27H,3-9,14-17,21H2,1-2H3. The third-order valence-corrected chi connectivity index (χ3v) is 8.98. The number of ether oxygens (including phenoxy) is 1. The van der Waals surface area contributed by atoms with E-state index in [1.54, 1.807) is 6.07 Å². The molecule has 0 spiro atoms. The van der Waals surface area contributed by atoms with E-state index in [0.29, 0.717) is 29.6 Å². The van der Waals surface area contributed by atoms with E-state index in [4.69, 9.17) is 9.15 Å². The van der Waals surface area contributed by atoms with Gasteiger partial charge in [-0.25, -0.2) is 9.18 Å². The fourth-order valence-corrected chi connectivity index (χ4v) is 6.59. The molecule has 2 aliphatic rings. The fraction of sp³-hybridized carbons (Fsp3) is 0.545. The van der Waals surface area contributed by atoms with Gasteiger partial charge in [0.1, 0.15) is 11.1 Å². The monoisotopic (exact) mass is 504 g/mol. The Hall–Kier alpha value is -2.62. The Bertz CT molecular complexity index is 1230. The van der Waals surface area contributed by atoms with Crippen LogP contribution in [-0.4, -0.2) is 6.61 Å². The van der Waals surface area contributed by atoms with Crippen LogP contribution in [0.4, 0.5) is 4.39 Å². The Kier molecular flexibility index (Phi) is 8.32. The minimum absolute atomic E-state index is 0.0117. The number of aryl methyl sites for hydroxylation is 1. The van der Waals surface area contributed by atoms with Crippen LogP contribution < -0.4 is 10.4 Å². The zero-order valence-electron chi connectivity index (χ0n) is 22.4. The van der Waals surface area contributed by atoms with E-state index in [1.165, 1.54) is 36.8 Å². The molecule has 2 saturated carbocycles. The Morgan fingerprint density at radius 2 is 1.54 bits per heavy atom. The van der Waals surface area contributed by atoms with Crippen molar-refractivity contribution in [2.75, 3.05) is 6.61 Å². The zero-order chi connectivity index (χ0) is 25.8. The van der Waals surface area contributed by atoms with Crippen molar-refractivity contribution in [3.63, 3.8) is 0 Å². The van der Waals surface area contributed by atoms with Gasteiger partial charge in [0.05, 0.1) is 6.61 Å². The number of hydrogen-bond acceptors (Lipinski definition) is 3. The molecule has 0 radical (unpaired) electrons. The van der Waals surface area contributed by atoms with Gasteiger partial charge in [0.15, 0.2) is 11.6 Å². The summed E-state index contributed by atoms with van der Waals surface area (Å²) >= 11 is 0. The van der Waals surface area contributed by atoms with Crippen LogP contribution in [0.25, 0.3) is 10.8 Å². The first-order valence-electron chi connectivity index (χ1n) is 14.5. The van der Waals surface area contributed by atoms with Crippen LogP contribution in [-0.2, 0) is 6.42 Å². The second-order valence-corrected chi connectivity index (χ2v) is 11.4. The number of benzene rings is 2. The second kappa shape index (κ2) is 11.8. The molecule has 2 aliphatic carbocycles. The van der Waals surface area contributed by atoms with Gasteiger partial charge in [0, 0.05) is 5.92 Å². The Morgan fingerprint density at radius 1 is 0.865 bits per heavy atom. The summed E-state index contributed by atoms with van der Waals surface area (Å²) in [6, 6.07) is 14.4. The number of fused-ring (bicyclic) bond motifs is 1. The van der Waals surface area contributed by atoms with Gasteiger partial charge in [-0.3, -0.25) is 0 Å². The highest BCUT2D eigenvalue weighted by molar-refractivity contribution is 5.83. The van der Waals surface area contributed by atoms with Gasteiger partial charge in [-0.15, -0.1) is 0 Å². The van der Waals surface area contributed by atoms with Crippen LogP contribution >= 0.6 is 0 Å². The first kappa shape index (κ1) is 26.0. The Morgan fingerprint density at radius 3 is 2.22 bits per heavy atom. The van der Waals surface area contributed by atoms with Crippen LogP contribution in [0.1, 0.15) is 107 Å². The van der Waals surface area contributed by atoms with E-state index in [2.05, 4.69) is 38.1 Å². The summed E-state index contributed by atoms with van der Waals surface area (Å²) in [4.78, 5) is 12.9. The average molecular weight is 505 g/mol. The molecule has 5 rings (SSSR count). The maximum Gasteiger partial charge on any atom is 0.346 e. The number of hydrogen-bond donors (Lipinski definition) is 0. The van der Waals surface area contributed by atoms with Gasteiger partial charge in [0.2, 0.25) is 0 Å². The molecule has 0 N–H and O–H groups in total. The fourth-order valence-electron chi connectivity index (χ4n) is 6.59. The summed E-state index contributed by atoms with van der Waals surface area (Å²) in [6.07, 6.45) is 12.4. The van der Waals surface area contributed by atoms with Crippen molar-refractivity contribution in [1.29, 1.82) is 0 Å². The van der Waals surface area contributed by atoms with Crippen LogP contribution in [0.15, 0.2) is 51.7 Å². The summed E-state index contributed by atoms with van der Waals surface area (Å²) < 4.78 is 26.9. The lowest BCUT2D eigenvalue weighted by molar-refractivity contribution is 0.175. The van der Waals surface area contributed by atoms with E-state index in [9.17, 15) is 4.79 Å². The summed E-state index contributed by atoms with van der Waals surface area (Å²) in [5.74, 6) is 2.31. The molecular weight excluding hydrogens is 463 g/mol.